The summed E-state index contributed by atoms with van der Waals surface area (Å²) in [7, 11) is 0. The van der Waals surface area contributed by atoms with Crippen molar-refractivity contribution in [2.24, 2.45) is 0 Å². The van der Waals surface area contributed by atoms with Crippen LogP contribution in [0.5, 0.6) is 0 Å². The van der Waals surface area contributed by atoms with Crippen molar-refractivity contribution < 1.29 is 4.79 Å². The molecule has 0 unspecified atom stereocenters. The second-order valence-electron chi connectivity index (χ2n) is 2.66. The molecule has 0 saturated heterocycles. The highest BCUT2D eigenvalue weighted by Crippen LogP contribution is 2.20. The van der Waals surface area contributed by atoms with Crippen LogP contribution < -0.4 is 5.32 Å². The highest BCUT2D eigenvalue weighted by Gasteiger charge is 2.08. The van der Waals surface area contributed by atoms with E-state index in [4.69, 9.17) is 16.9 Å². The van der Waals surface area contributed by atoms with Crippen LogP contribution in [0.1, 0.15) is 5.56 Å². The lowest BCUT2D eigenvalue weighted by Gasteiger charge is -2.05. The van der Waals surface area contributed by atoms with Gasteiger partial charge in [0.25, 0.3) is 5.91 Å². The Morgan fingerprint density at radius 2 is 2.27 bits per heavy atom. The average Bonchev–Trinajstić information content (AvgIpc) is 2.20. The maximum Gasteiger partial charge on any atom is 0.266 e. The van der Waals surface area contributed by atoms with Gasteiger partial charge in [0.05, 0.1) is 16.3 Å². The molecule has 0 radical (unpaired) electrons. The second kappa shape index (κ2) is 4.96. The van der Waals surface area contributed by atoms with Crippen LogP contribution in [0, 0.1) is 11.3 Å². The van der Waals surface area contributed by atoms with Gasteiger partial charge < -0.3 is 5.32 Å². The van der Waals surface area contributed by atoms with E-state index < -0.39 is 5.91 Å². The first kappa shape index (κ1) is 11.8. The molecule has 1 aromatic rings. The third-order valence-corrected chi connectivity index (χ3v) is 2.26. The Kier molecular flexibility index (Phi) is 3.89. The molecule has 1 N–H and O–H groups in total. The van der Waals surface area contributed by atoms with Crippen molar-refractivity contribution in [1.29, 1.82) is 5.26 Å². The van der Waals surface area contributed by atoms with Crippen LogP contribution in [-0.2, 0) is 4.79 Å². The van der Waals surface area contributed by atoms with Crippen molar-refractivity contribution in [3.8, 4) is 6.07 Å². The van der Waals surface area contributed by atoms with Crippen molar-refractivity contribution in [2.75, 3.05) is 5.32 Å². The molecular weight excluding hydrogens is 279 g/mol. The van der Waals surface area contributed by atoms with Gasteiger partial charge in [0.1, 0.15) is 6.07 Å². The van der Waals surface area contributed by atoms with Gasteiger partial charge in [-0.1, -0.05) is 34.1 Å². The Hall–Kier alpha value is -1.31. The quantitative estimate of drug-likeness (QED) is 0.849. The van der Waals surface area contributed by atoms with Gasteiger partial charge in [-0.3, -0.25) is 4.79 Å². The molecule has 0 heterocycles. The van der Waals surface area contributed by atoms with E-state index in [9.17, 15) is 4.79 Å². The molecule has 1 rings (SSSR count). The van der Waals surface area contributed by atoms with E-state index in [2.05, 4.69) is 27.8 Å². The molecule has 0 saturated carbocycles. The van der Waals surface area contributed by atoms with Gasteiger partial charge in [-0.25, -0.2) is 0 Å². The average molecular weight is 286 g/mol. The van der Waals surface area contributed by atoms with Crippen LogP contribution in [0.3, 0.4) is 0 Å². The summed E-state index contributed by atoms with van der Waals surface area (Å²) in [6, 6.07) is 6.89. The summed E-state index contributed by atoms with van der Waals surface area (Å²) in [5.41, 5.74) is 0.767. The Labute approximate surface area is 100 Å². The van der Waals surface area contributed by atoms with Gasteiger partial charge in [0.15, 0.2) is 0 Å². The first-order chi connectivity index (χ1) is 7.04. The zero-order valence-corrected chi connectivity index (χ0v) is 9.89. The van der Waals surface area contributed by atoms with Crippen LogP contribution in [0.4, 0.5) is 5.69 Å². The molecule has 0 aliphatic carbocycles. The molecule has 0 spiro atoms. The number of nitriles is 1. The van der Waals surface area contributed by atoms with E-state index in [0.29, 0.717) is 11.3 Å². The lowest BCUT2D eigenvalue weighted by molar-refractivity contribution is -0.112. The molecule has 1 aromatic carbocycles. The van der Waals surface area contributed by atoms with E-state index in [1.54, 1.807) is 18.2 Å². The van der Waals surface area contributed by atoms with E-state index in [0.717, 1.165) is 4.47 Å². The predicted molar refractivity (Wildman–Crippen MR) is 62.5 cm³/mol. The van der Waals surface area contributed by atoms with Crippen LogP contribution in [0.15, 0.2) is 34.3 Å². The first-order valence-electron chi connectivity index (χ1n) is 3.90. The second-order valence-corrected chi connectivity index (χ2v) is 4.03. The van der Waals surface area contributed by atoms with Crippen molar-refractivity contribution >= 4 is 39.1 Å². The van der Waals surface area contributed by atoms with Crippen molar-refractivity contribution in [1.82, 2.24) is 0 Å². The number of amides is 1. The number of hydrogen-bond acceptors (Lipinski definition) is 2. The first-order valence-corrected chi connectivity index (χ1v) is 5.07. The summed E-state index contributed by atoms with van der Waals surface area (Å²) < 4.78 is 0.766. The highest BCUT2D eigenvalue weighted by atomic mass is 79.9. The normalized spacial score (nSPS) is 9.13. The monoisotopic (exact) mass is 284 g/mol. The van der Waals surface area contributed by atoms with Crippen molar-refractivity contribution in [2.45, 2.75) is 0 Å². The fourth-order valence-corrected chi connectivity index (χ4v) is 1.32. The lowest BCUT2D eigenvalue weighted by Crippen LogP contribution is -2.11. The lowest BCUT2D eigenvalue weighted by atomic mass is 10.2. The standard InChI is InChI=1S/C10H6BrClN2O/c1-6(12)10(15)14-9-3-2-8(11)4-7(9)5-13/h2-4H,1H2,(H,14,15). The number of benzene rings is 1. The number of nitrogens with zero attached hydrogens (tertiary/aromatic N) is 1. The Morgan fingerprint density at radius 3 is 2.80 bits per heavy atom. The van der Waals surface area contributed by atoms with Crippen molar-refractivity contribution in [3.05, 3.63) is 39.8 Å². The molecule has 5 heteroatoms. The summed E-state index contributed by atoms with van der Waals surface area (Å²) in [4.78, 5) is 11.2. The van der Waals surface area contributed by atoms with E-state index >= 15 is 0 Å². The molecule has 0 aliphatic rings. The van der Waals surface area contributed by atoms with Crippen LogP contribution in [0.2, 0.25) is 0 Å². The summed E-state index contributed by atoms with van der Waals surface area (Å²) in [6.45, 7) is 3.29. The zero-order chi connectivity index (χ0) is 11.4. The topological polar surface area (TPSA) is 52.9 Å². The maximum atomic E-state index is 11.2. The minimum atomic E-state index is -0.518. The number of carbonyl (C=O) groups excluding carboxylic acids is 1. The summed E-state index contributed by atoms with van der Waals surface area (Å²) in [5, 5.41) is 11.2. The third kappa shape index (κ3) is 3.08. The molecule has 15 heavy (non-hydrogen) atoms. The largest absolute Gasteiger partial charge is 0.320 e. The number of halogens is 2. The van der Waals surface area contributed by atoms with Gasteiger partial charge in [-0.15, -0.1) is 0 Å². The molecule has 0 aliphatic heterocycles. The number of nitrogens with one attached hydrogen (secondary N) is 1. The third-order valence-electron chi connectivity index (χ3n) is 1.60. The summed E-state index contributed by atoms with van der Waals surface area (Å²) in [5.74, 6) is -0.518. The summed E-state index contributed by atoms with van der Waals surface area (Å²) in [6.07, 6.45) is 0. The van der Waals surface area contributed by atoms with Crippen molar-refractivity contribution in [3.63, 3.8) is 0 Å². The van der Waals surface area contributed by atoms with Gasteiger partial charge in [0.2, 0.25) is 0 Å². The number of rotatable bonds is 2. The van der Waals surface area contributed by atoms with E-state index in [-0.39, 0.29) is 5.03 Å². The van der Waals surface area contributed by atoms with Gasteiger partial charge >= 0.3 is 0 Å². The summed E-state index contributed by atoms with van der Waals surface area (Å²) >= 11 is 8.63. The molecular formula is C10H6BrClN2O. The van der Waals surface area contributed by atoms with Gasteiger partial charge in [-0.05, 0) is 18.2 Å². The Morgan fingerprint density at radius 1 is 1.60 bits per heavy atom. The molecule has 0 atom stereocenters. The fourth-order valence-electron chi connectivity index (χ4n) is 0.908. The minimum Gasteiger partial charge on any atom is -0.320 e. The van der Waals surface area contributed by atoms with Crippen LogP contribution in [0.25, 0.3) is 0 Å². The predicted octanol–water partition coefficient (Wildman–Crippen LogP) is 3.01. The van der Waals surface area contributed by atoms with Crippen LogP contribution >= 0.6 is 27.5 Å². The molecule has 3 nitrogen and oxygen atoms in total. The molecule has 0 aromatic heterocycles. The maximum absolute atomic E-state index is 11.2. The molecule has 1 amide bonds. The molecule has 76 valence electrons. The smallest absolute Gasteiger partial charge is 0.266 e. The number of anilines is 1. The van der Waals surface area contributed by atoms with E-state index in [1.165, 1.54) is 0 Å². The molecule has 0 fully saturated rings. The minimum absolute atomic E-state index is 0.123. The highest BCUT2D eigenvalue weighted by molar-refractivity contribution is 9.10. The SMILES string of the molecule is C=C(Cl)C(=O)Nc1ccc(Br)cc1C#N. The van der Waals surface area contributed by atoms with E-state index in [1.807, 2.05) is 6.07 Å². The van der Waals surface area contributed by atoms with Crippen LogP contribution in [-0.4, -0.2) is 5.91 Å². The Bertz CT molecular complexity index is 465. The number of carbonyl (C=O) groups is 1. The Balaban J connectivity index is 3.01. The van der Waals surface area contributed by atoms with Gasteiger partial charge in [-0.2, -0.15) is 5.26 Å². The van der Waals surface area contributed by atoms with Gasteiger partial charge in [0, 0.05) is 4.47 Å². The number of hydrogen-bond donors (Lipinski definition) is 1. The fraction of sp³-hybridized carbons (Fsp3) is 0. The molecule has 0 bridgehead atoms. The zero-order valence-electron chi connectivity index (χ0n) is 7.55.